The molecular formula is C28H45NO3. The summed E-state index contributed by atoms with van der Waals surface area (Å²) in [6.07, 6.45) is 11.7. The smallest absolute Gasteiger partial charge is 0.307 e. The quantitative estimate of drug-likeness (QED) is 0.507. The molecule has 1 N–H and O–H groups in total. The summed E-state index contributed by atoms with van der Waals surface area (Å²) in [5.41, 5.74) is 1.59. The molecule has 4 nitrogen and oxygen atoms in total. The Hall–Kier alpha value is -1.32. The summed E-state index contributed by atoms with van der Waals surface area (Å²) in [6.45, 7) is 13.6. The van der Waals surface area contributed by atoms with E-state index in [1.807, 2.05) is 0 Å². The van der Waals surface area contributed by atoms with Crippen molar-refractivity contribution in [3.05, 3.63) is 11.6 Å². The van der Waals surface area contributed by atoms with Gasteiger partial charge < -0.3 is 10.0 Å². The van der Waals surface area contributed by atoms with Gasteiger partial charge in [-0.05, 0) is 114 Å². The molecule has 0 aromatic heterocycles. The Bertz CT molecular complexity index is 778. The summed E-state index contributed by atoms with van der Waals surface area (Å²) >= 11 is 0. The average molecular weight is 444 g/mol. The van der Waals surface area contributed by atoms with Crippen molar-refractivity contribution >= 4 is 11.9 Å². The molecule has 0 saturated heterocycles. The molecule has 1 amide bonds. The number of carboxylic acid groups (broad SMARTS) is 1. The summed E-state index contributed by atoms with van der Waals surface area (Å²) in [5.74, 6) is 2.63. The van der Waals surface area contributed by atoms with E-state index in [2.05, 4.69) is 52.5 Å². The third kappa shape index (κ3) is 3.74. The highest BCUT2D eigenvalue weighted by Gasteiger charge is 2.61. The van der Waals surface area contributed by atoms with Crippen LogP contribution in [0.2, 0.25) is 0 Å². The van der Waals surface area contributed by atoms with Crippen LogP contribution in [0.15, 0.2) is 11.6 Å². The van der Waals surface area contributed by atoms with Gasteiger partial charge in [0.1, 0.15) is 0 Å². The number of hydrogen-bond donors (Lipinski definition) is 1. The molecule has 0 aliphatic heterocycles. The van der Waals surface area contributed by atoms with Crippen LogP contribution in [0, 0.1) is 40.4 Å². The summed E-state index contributed by atoms with van der Waals surface area (Å²) < 4.78 is 0. The second kappa shape index (κ2) is 8.47. The van der Waals surface area contributed by atoms with Crippen LogP contribution in [0.1, 0.15) is 99.3 Å². The number of carbonyl (C=O) groups excluding carboxylic acids is 1. The number of carbonyl (C=O) groups is 2. The maximum absolute atomic E-state index is 13.7. The largest absolute Gasteiger partial charge is 0.481 e. The van der Waals surface area contributed by atoms with Gasteiger partial charge in [0, 0.05) is 18.0 Å². The summed E-state index contributed by atoms with van der Waals surface area (Å²) in [6, 6.07) is 0.509. The van der Waals surface area contributed by atoms with E-state index in [4.69, 9.17) is 0 Å². The van der Waals surface area contributed by atoms with Gasteiger partial charge in [-0.25, -0.2) is 0 Å². The molecule has 0 radical (unpaired) electrons. The predicted octanol–water partition coefficient (Wildman–Crippen LogP) is 6.30. The Morgan fingerprint density at radius 2 is 1.66 bits per heavy atom. The minimum atomic E-state index is -0.694. The van der Waals surface area contributed by atoms with E-state index in [-0.39, 0.29) is 29.8 Å². The Balaban J connectivity index is 1.55. The summed E-state index contributed by atoms with van der Waals surface area (Å²) in [5, 5.41) is 9.25. The van der Waals surface area contributed by atoms with Crippen molar-refractivity contribution in [3.8, 4) is 0 Å². The zero-order valence-electron chi connectivity index (χ0n) is 21.2. The highest BCUT2D eigenvalue weighted by Crippen LogP contribution is 2.67. The van der Waals surface area contributed by atoms with Crippen molar-refractivity contribution in [2.75, 3.05) is 0 Å². The van der Waals surface area contributed by atoms with E-state index < -0.39 is 5.97 Å². The van der Waals surface area contributed by atoms with Crippen LogP contribution in [-0.4, -0.2) is 34.0 Å². The lowest BCUT2D eigenvalue weighted by molar-refractivity contribution is -0.148. The number of hydrogen-bond acceptors (Lipinski definition) is 2. The van der Waals surface area contributed by atoms with Crippen LogP contribution in [0.4, 0.5) is 0 Å². The maximum atomic E-state index is 13.7. The molecule has 3 fully saturated rings. The predicted molar refractivity (Wildman–Crippen MR) is 128 cm³/mol. The molecule has 0 aromatic rings. The van der Waals surface area contributed by atoms with E-state index in [1.54, 1.807) is 0 Å². The second-order valence-electron chi connectivity index (χ2n) is 12.6. The van der Waals surface area contributed by atoms with E-state index >= 15 is 0 Å². The SMILES string of the molecule is CC(C)N(C(=O)[C@H]1CCC2C3CC[C@H]4CC(CC(=O)O)=CC[C@]4(C)C3CC[C@@]21C)C(C)C. The van der Waals surface area contributed by atoms with Crippen LogP contribution in [0.3, 0.4) is 0 Å². The van der Waals surface area contributed by atoms with Crippen molar-refractivity contribution in [2.45, 2.75) is 111 Å². The fraction of sp³-hybridized carbons (Fsp3) is 0.857. The van der Waals surface area contributed by atoms with Gasteiger partial charge in [0.2, 0.25) is 5.91 Å². The van der Waals surface area contributed by atoms with Crippen LogP contribution >= 0.6 is 0 Å². The minimum Gasteiger partial charge on any atom is -0.481 e. The van der Waals surface area contributed by atoms with Gasteiger partial charge in [-0.2, -0.15) is 0 Å². The molecule has 0 heterocycles. The molecule has 7 atom stereocenters. The lowest BCUT2D eigenvalue weighted by atomic mass is 9.45. The van der Waals surface area contributed by atoms with Gasteiger partial charge in [0.25, 0.3) is 0 Å². The monoisotopic (exact) mass is 443 g/mol. The molecule has 32 heavy (non-hydrogen) atoms. The number of nitrogens with zero attached hydrogens (tertiary/aromatic N) is 1. The lowest BCUT2D eigenvalue weighted by Gasteiger charge is -2.60. The van der Waals surface area contributed by atoms with Gasteiger partial charge in [-0.15, -0.1) is 0 Å². The average Bonchev–Trinajstić information content (AvgIpc) is 3.04. The van der Waals surface area contributed by atoms with Gasteiger partial charge >= 0.3 is 5.97 Å². The second-order valence-corrected chi connectivity index (χ2v) is 12.6. The van der Waals surface area contributed by atoms with Crippen molar-refractivity contribution < 1.29 is 14.7 Å². The molecule has 0 bridgehead atoms. The van der Waals surface area contributed by atoms with Crippen LogP contribution in [0.5, 0.6) is 0 Å². The molecule has 180 valence electrons. The Kier molecular flexibility index (Phi) is 6.31. The fourth-order valence-electron chi connectivity index (χ4n) is 8.98. The molecule has 4 aliphatic rings. The van der Waals surface area contributed by atoms with Crippen molar-refractivity contribution in [1.29, 1.82) is 0 Å². The molecule has 4 heteroatoms. The fourth-order valence-corrected chi connectivity index (χ4v) is 8.98. The zero-order valence-corrected chi connectivity index (χ0v) is 21.2. The molecule has 0 aromatic carbocycles. The van der Waals surface area contributed by atoms with Crippen molar-refractivity contribution in [2.24, 2.45) is 40.4 Å². The zero-order chi connectivity index (χ0) is 23.4. The van der Waals surface area contributed by atoms with Gasteiger partial charge in [-0.3, -0.25) is 9.59 Å². The van der Waals surface area contributed by atoms with Gasteiger partial charge in [0.05, 0.1) is 6.42 Å². The molecule has 0 spiro atoms. The lowest BCUT2D eigenvalue weighted by Crippen LogP contribution is -2.54. The van der Waals surface area contributed by atoms with Crippen LogP contribution < -0.4 is 0 Å². The highest BCUT2D eigenvalue weighted by molar-refractivity contribution is 5.80. The maximum Gasteiger partial charge on any atom is 0.307 e. The van der Waals surface area contributed by atoms with Crippen molar-refractivity contribution in [3.63, 3.8) is 0 Å². The molecule has 3 unspecified atom stereocenters. The first kappa shape index (κ1) is 23.8. The van der Waals surface area contributed by atoms with E-state index in [0.717, 1.165) is 36.7 Å². The van der Waals surface area contributed by atoms with E-state index in [1.165, 1.54) is 32.1 Å². The van der Waals surface area contributed by atoms with E-state index in [9.17, 15) is 14.7 Å². The highest BCUT2D eigenvalue weighted by atomic mass is 16.4. The van der Waals surface area contributed by atoms with Gasteiger partial charge in [-0.1, -0.05) is 25.5 Å². The Morgan fingerprint density at radius 1 is 1.00 bits per heavy atom. The van der Waals surface area contributed by atoms with Gasteiger partial charge in [0.15, 0.2) is 0 Å². The third-order valence-electron chi connectivity index (χ3n) is 10.4. The summed E-state index contributed by atoms with van der Waals surface area (Å²) in [4.78, 5) is 27.1. The number of allylic oxidation sites excluding steroid dienone is 1. The first-order chi connectivity index (χ1) is 15.0. The minimum absolute atomic E-state index is 0.141. The normalized spacial score (nSPS) is 41.0. The molecule has 4 rings (SSSR count). The third-order valence-corrected chi connectivity index (χ3v) is 10.4. The van der Waals surface area contributed by atoms with E-state index in [0.29, 0.717) is 23.2 Å². The number of rotatable bonds is 5. The first-order valence-corrected chi connectivity index (χ1v) is 13.2. The standard InChI is InChI=1S/C28H45NO3/c1-17(2)29(18(3)4)26(32)24-10-9-22-21-8-7-20-15-19(16-25(30)31)11-13-27(20,5)23(21)12-14-28(22,24)6/h11,17-18,20-24H,7-10,12-16H2,1-6H3,(H,30,31)/t20-,21?,22?,23?,24+,27-,28-/m0/s1. The number of carboxylic acids is 1. The van der Waals surface area contributed by atoms with Crippen molar-refractivity contribution in [1.82, 2.24) is 4.90 Å². The van der Waals surface area contributed by atoms with Crippen LogP contribution in [0.25, 0.3) is 0 Å². The molecule has 4 aliphatic carbocycles. The summed E-state index contributed by atoms with van der Waals surface area (Å²) in [7, 11) is 0. The number of amides is 1. The van der Waals surface area contributed by atoms with Crippen LogP contribution in [-0.2, 0) is 9.59 Å². The topological polar surface area (TPSA) is 57.6 Å². The number of fused-ring (bicyclic) bond motifs is 5. The molecular weight excluding hydrogens is 398 g/mol. The molecule has 3 saturated carbocycles. The Labute approximate surface area is 195 Å². The number of aliphatic carboxylic acids is 1. The first-order valence-electron chi connectivity index (χ1n) is 13.2. The Morgan fingerprint density at radius 3 is 2.28 bits per heavy atom.